The fourth-order valence-electron chi connectivity index (χ4n) is 5.31. The van der Waals surface area contributed by atoms with Gasteiger partial charge in [-0.1, -0.05) is 54.2 Å². The molecule has 2 aromatic rings. The molecule has 4 atom stereocenters. The summed E-state index contributed by atoms with van der Waals surface area (Å²) in [7, 11) is 0. The Bertz CT molecular complexity index is 1370. The summed E-state index contributed by atoms with van der Waals surface area (Å²) < 4.78 is 19.4. The minimum atomic E-state index is -1.24. The molecule has 0 bridgehead atoms. The van der Waals surface area contributed by atoms with Crippen LogP contribution in [0.15, 0.2) is 72.0 Å². The lowest BCUT2D eigenvalue weighted by Gasteiger charge is -2.36. The third kappa shape index (κ3) is 6.79. The molecule has 3 aliphatic heterocycles. The quantitative estimate of drug-likeness (QED) is 0.389. The van der Waals surface area contributed by atoms with Crippen LogP contribution in [-0.2, 0) is 36.9 Å². The van der Waals surface area contributed by atoms with Crippen molar-refractivity contribution in [2.45, 2.75) is 62.7 Å². The summed E-state index contributed by atoms with van der Waals surface area (Å²) in [4.78, 5) is 61.8. The van der Waals surface area contributed by atoms with Crippen molar-refractivity contribution in [1.29, 1.82) is 0 Å². The van der Waals surface area contributed by atoms with Gasteiger partial charge in [0.1, 0.15) is 18.6 Å². The fourth-order valence-corrected chi connectivity index (χ4v) is 6.25. The Morgan fingerprint density at radius 3 is 2.57 bits per heavy atom. The second-order valence-electron chi connectivity index (χ2n) is 10.6. The highest BCUT2D eigenvalue weighted by atomic mass is 32.2. The first-order valence-electron chi connectivity index (χ1n) is 14.0. The highest BCUT2D eigenvalue weighted by Gasteiger charge is 2.46. The number of piperidine rings is 1. The summed E-state index contributed by atoms with van der Waals surface area (Å²) in [6, 6.07) is 13.9. The number of rotatable bonds is 10. The molecule has 0 aliphatic carbocycles. The summed E-state index contributed by atoms with van der Waals surface area (Å²) in [6.45, 7) is 2.77. The van der Waals surface area contributed by atoms with E-state index >= 15 is 0 Å². The third-order valence-electron chi connectivity index (χ3n) is 7.60. The minimum absolute atomic E-state index is 0.0193. The number of guanidine groups is 1. The van der Waals surface area contributed by atoms with Gasteiger partial charge in [0.25, 0.3) is 5.91 Å². The van der Waals surface area contributed by atoms with Crippen LogP contribution in [0.25, 0.3) is 0 Å². The number of aliphatic imine (C=N–C) groups is 1. The number of carbonyl (C=O) groups is 4. The molecule has 4 unspecified atom stereocenters. The molecule has 0 aromatic heterocycles. The standard InChI is InChI=1S/C31H33FN4O5S/c1-21-7-5-6-14-35(21)26(38)18-34-15-16-36-29(39)28(41-20-23-8-3-2-4-9-23)27(33-31(34)36)30(40)42-25(19-37)17-22-10-12-24(32)13-11-22/h2-4,8-13,15-16,19,21,25,27-28H,5-7,14,17-18,20H2,1H3. The molecule has 5 rings (SSSR count). The van der Waals surface area contributed by atoms with Crippen molar-refractivity contribution in [1.82, 2.24) is 14.7 Å². The number of aldehydes is 1. The number of hydrogen-bond donors (Lipinski definition) is 0. The fraction of sp³-hybridized carbons (Fsp3) is 0.387. The van der Waals surface area contributed by atoms with Crippen LogP contribution in [0.2, 0.25) is 0 Å². The summed E-state index contributed by atoms with van der Waals surface area (Å²) in [5.74, 6) is -0.775. The molecule has 11 heteroatoms. The van der Waals surface area contributed by atoms with Crippen molar-refractivity contribution in [3.8, 4) is 0 Å². The largest absolute Gasteiger partial charge is 0.361 e. The number of likely N-dealkylation sites (tertiary alicyclic amines) is 1. The molecule has 0 saturated carbocycles. The van der Waals surface area contributed by atoms with Crippen molar-refractivity contribution in [3.05, 3.63) is 83.9 Å². The number of nitrogens with zero attached hydrogens (tertiary/aromatic N) is 4. The molecule has 0 N–H and O–H groups in total. The van der Waals surface area contributed by atoms with Crippen LogP contribution < -0.4 is 0 Å². The van der Waals surface area contributed by atoms with Crippen LogP contribution in [-0.4, -0.2) is 80.4 Å². The lowest BCUT2D eigenvalue weighted by molar-refractivity contribution is -0.144. The van der Waals surface area contributed by atoms with Gasteiger partial charge in [0.2, 0.25) is 17.0 Å². The summed E-state index contributed by atoms with van der Waals surface area (Å²) in [5.41, 5.74) is 1.51. The number of amides is 2. The van der Waals surface area contributed by atoms with Gasteiger partial charge in [-0.3, -0.25) is 19.3 Å². The predicted molar refractivity (Wildman–Crippen MR) is 157 cm³/mol. The topological polar surface area (TPSA) is 99.6 Å². The van der Waals surface area contributed by atoms with Gasteiger partial charge in [-0.05, 0) is 55.9 Å². The zero-order valence-corrected chi connectivity index (χ0v) is 24.1. The van der Waals surface area contributed by atoms with Gasteiger partial charge in [0.05, 0.1) is 11.9 Å². The Kier molecular flexibility index (Phi) is 9.48. The number of benzene rings is 2. The van der Waals surface area contributed by atoms with Crippen LogP contribution in [0.5, 0.6) is 0 Å². The average molecular weight is 593 g/mol. The number of ether oxygens (including phenoxy) is 1. The lowest BCUT2D eigenvalue weighted by Crippen LogP contribution is -2.55. The van der Waals surface area contributed by atoms with E-state index < -0.39 is 34.2 Å². The van der Waals surface area contributed by atoms with E-state index in [0.717, 1.165) is 36.6 Å². The van der Waals surface area contributed by atoms with Gasteiger partial charge in [-0.2, -0.15) is 0 Å². The van der Waals surface area contributed by atoms with Gasteiger partial charge < -0.3 is 19.3 Å². The van der Waals surface area contributed by atoms with Crippen LogP contribution >= 0.6 is 11.8 Å². The Hall–Kier alpha value is -3.83. The molecular formula is C31H33FN4O5S. The van der Waals surface area contributed by atoms with Gasteiger partial charge in [0, 0.05) is 25.0 Å². The van der Waals surface area contributed by atoms with E-state index in [2.05, 4.69) is 4.99 Å². The number of thioether (sulfide) groups is 1. The molecule has 9 nitrogen and oxygen atoms in total. The maximum atomic E-state index is 13.7. The molecule has 0 spiro atoms. The van der Waals surface area contributed by atoms with Crippen molar-refractivity contribution in [2.24, 2.45) is 4.99 Å². The smallest absolute Gasteiger partial charge is 0.265 e. The number of halogens is 1. The summed E-state index contributed by atoms with van der Waals surface area (Å²) in [6.07, 6.45) is 5.75. The molecule has 42 heavy (non-hydrogen) atoms. The van der Waals surface area contributed by atoms with Crippen molar-refractivity contribution in [2.75, 3.05) is 13.1 Å². The van der Waals surface area contributed by atoms with Crippen molar-refractivity contribution in [3.63, 3.8) is 0 Å². The Morgan fingerprint density at radius 2 is 1.86 bits per heavy atom. The Balaban J connectivity index is 1.36. The van der Waals surface area contributed by atoms with Gasteiger partial charge in [0.15, 0.2) is 12.1 Å². The van der Waals surface area contributed by atoms with Crippen LogP contribution in [0.3, 0.4) is 0 Å². The van der Waals surface area contributed by atoms with Crippen molar-refractivity contribution < 1.29 is 28.3 Å². The zero-order chi connectivity index (χ0) is 29.6. The van der Waals surface area contributed by atoms with E-state index in [1.54, 1.807) is 23.2 Å². The highest BCUT2D eigenvalue weighted by Crippen LogP contribution is 2.29. The highest BCUT2D eigenvalue weighted by molar-refractivity contribution is 8.14. The second-order valence-corrected chi connectivity index (χ2v) is 11.8. The van der Waals surface area contributed by atoms with E-state index in [1.807, 2.05) is 42.2 Å². The molecule has 1 saturated heterocycles. The first kappa shape index (κ1) is 29.7. The Morgan fingerprint density at radius 1 is 1.10 bits per heavy atom. The first-order valence-corrected chi connectivity index (χ1v) is 14.9. The van der Waals surface area contributed by atoms with Gasteiger partial charge in [-0.25, -0.2) is 9.38 Å². The Labute approximate surface area is 248 Å². The molecular weight excluding hydrogens is 559 g/mol. The predicted octanol–water partition coefficient (Wildman–Crippen LogP) is 3.54. The van der Waals surface area contributed by atoms with E-state index in [-0.39, 0.29) is 37.5 Å². The summed E-state index contributed by atoms with van der Waals surface area (Å²) in [5, 5.41) is -1.28. The molecule has 220 valence electrons. The van der Waals surface area contributed by atoms with Gasteiger partial charge in [-0.15, -0.1) is 0 Å². The maximum Gasteiger partial charge on any atom is 0.265 e. The number of carbonyl (C=O) groups excluding carboxylic acids is 4. The van der Waals surface area contributed by atoms with E-state index in [1.165, 1.54) is 23.2 Å². The number of hydrogen-bond acceptors (Lipinski definition) is 8. The molecule has 2 amide bonds. The van der Waals surface area contributed by atoms with E-state index in [9.17, 15) is 23.6 Å². The zero-order valence-electron chi connectivity index (χ0n) is 23.3. The average Bonchev–Trinajstić information content (AvgIpc) is 3.40. The van der Waals surface area contributed by atoms with E-state index in [4.69, 9.17) is 4.74 Å². The van der Waals surface area contributed by atoms with Crippen molar-refractivity contribution >= 4 is 40.9 Å². The molecule has 3 heterocycles. The van der Waals surface area contributed by atoms with Gasteiger partial charge >= 0.3 is 0 Å². The maximum absolute atomic E-state index is 13.7. The summed E-state index contributed by atoms with van der Waals surface area (Å²) >= 11 is 0.777. The molecule has 1 fully saturated rings. The monoisotopic (exact) mass is 592 g/mol. The third-order valence-corrected chi connectivity index (χ3v) is 8.66. The molecule has 2 aromatic carbocycles. The molecule has 3 aliphatic rings. The second kappa shape index (κ2) is 13.4. The molecule has 0 radical (unpaired) electrons. The normalized spacial score (nSPS) is 22.5. The first-order chi connectivity index (χ1) is 20.3. The van der Waals surface area contributed by atoms with Crippen LogP contribution in [0, 0.1) is 5.82 Å². The number of fused-ring (bicyclic) bond motifs is 1. The lowest BCUT2D eigenvalue weighted by atomic mass is 10.0. The SMILES string of the molecule is CC1CCCCN1C(=O)CN1C=CN2C(=O)C(OCc3ccccc3)C(C(=O)SC(C=O)Cc3ccc(F)cc3)N=C12. The van der Waals surface area contributed by atoms with E-state index in [0.29, 0.717) is 18.4 Å². The minimum Gasteiger partial charge on any atom is -0.361 e. The van der Waals surface area contributed by atoms with Crippen LogP contribution in [0.1, 0.15) is 37.3 Å². The van der Waals surface area contributed by atoms with Crippen LogP contribution in [0.4, 0.5) is 4.39 Å².